The Morgan fingerprint density at radius 1 is 1.10 bits per heavy atom. The smallest absolute Gasteiger partial charge is 0.273 e. The van der Waals surface area contributed by atoms with Gasteiger partial charge in [0, 0.05) is 24.2 Å². The molecule has 0 bridgehead atoms. The maximum Gasteiger partial charge on any atom is 0.273 e. The van der Waals surface area contributed by atoms with Crippen LogP contribution in [0.4, 0.5) is 5.69 Å². The van der Waals surface area contributed by atoms with Gasteiger partial charge in [-0.1, -0.05) is 48.0 Å². The molecule has 1 unspecified atom stereocenters. The number of carbonyl (C=O) groups excluding carboxylic acids is 2. The Labute approximate surface area is 170 Å². The number of hydrogen-bond donors (Lipinski definition) is 1. The second-order valence-electron chi connectivity index (χ2n) is 7.41. The van der Waals surface area contributed by atoms with E-state index in [0.29, 0.717) is 5.56 Å². The van der Waals surface area contributed by atoms with Crippen LogP contribution in [0.2, 0.25) is 0 Å². The van der Waals surface area contributed by atoms with Crippen LogP contribution in [-0.4, -0.2) is 33.7 Å². The predicted octanol–water partition coefficient (Wildman–Crippen LogP) is 3.39. The van der Waals surface area contributed by atoms with Crippen molar-refractivity contribution >= 4 is 17.5 Å². The topological polar surface area (TPSA) is 92.6 Å². The van der Waals surface area contributed by atoms with Crippen molar-refractivity contribution in [2.75, 3.05) is 0 Å². The zero-order valence-corrected chi connectivity index (χ0v) is 17.2. The molecule has 1 N–H and O–H groups in total. The SMILES string of the molecule is Cc1cccc(CN(C(=O)Cc2ccccc2[N+](=O)[O-])C(C)C(=O)NC(C)C)c1. The van der Waals surface area contributed by atoms with Crippen LogP contribution < -0.4 is 5.32 Å². The average Bonchev–Trinajstić information content (AvgIpc) is 2.65. The van der Waals surface area contributed by atoms with Gasteiger partial charge in [0.05, 0.1) is 11.3 Å². The summed E-state index contributed by atoms with van der Waals surface area (Å²) < 4.78 is 0. The first-order valence-electron chi connectivity index (χ1n) is 9.56. The van der Waals surface area contributed by atoms with Crippen molar-refractivity contribution in [3.05, 3.63) is 75.3 Å². The Kier molecular flexibility index (Phi) is 7.47. The molecule has 1 atom stereocenters. The van der Waals surface area contributed by atoms with Gasteiger partial charge < -0.3 is 10.2 Å². The minimum Gasteiger partial charge on any atom is -0.352 e. The van der Waals surface area contributed by atoms with E-state index in [1.54, 1.807) is 25.1 Å². The van der Waals surface area contributed by atoms with Crippen LogP contribution in [0.15, 0.2) is 48.5 Å². The standard InChI is InChI=1S/C22H27N3O4/c1-15(2)23-22(27)17(4)24(14-18-9-7-8-16(3)12-18)21(26)13-19-10-5-6-11-20(19)25(28)29/h5-12,15,17H,13-14H2,1-4H3,(H,23,27). The van der Waals surface area contributed by atoms with E-state index in [1.807, 2.05) is 45.0 Å². The summed E-state index contributed by atoms with van der Waals surface area (Å²) in [7, 11) is 0. The molecule has 0 heterocycles. The third-order valence-corrected chi connectivity index (χ3v) is 4.56. The molecule has 0 saturated carbocycles. The number of nitro groups is 1. The highest BCUT2D eigenvalue weighted by atomic mass is 16.6. The van der Waals surface area contributed by atoms with E-state index in [9.17, 15) is 19.7 Å². The minimum absolute atomic E-state index is 0.0592. The van der Waals surface area contributed by atoms with Crippen molar-refractivity contribution in [3.8, 4) is 0 Å². The van der Waals surface area contributed by atoms with Crippen LogP contribution in [0.1, 0.15) is 37.5 Å². The fourth-order valence-electron chi connectivity index (χ4n) is 3.10. The normalized spacial score (nSPS) is 11.8. The second-order valence-corrected chi connectivity index (χ2v) is 7.41. The van der Waals surface area contributed by atoms with E-state index in [-0.39, 0.29) is 36.5 Å². The average molecular weight is 397 g/mol. The van der Waals surface area contributed by atoms with E-state index < -0.39 is 11.0 Å². The minimum atomic E-state index is -0.715. The quantitative estimate of drug-likeness (QED) is 0.546. The molecular weight excluding hydrogens is 370 g/mol. The van der Waals surface area contributed by atoms with E-state index in [0.717, 1.165) is 11.1 Å². The Balaban J connectivity index is 2.31. The molecule has 2 amide bonds. The van der Waals surface area contributed by atoms with Gasteiger partial charge >= 0.3 is 0 Å². The highest BCUT2D eigenvalue weighted by Crippen LogP contribution is 2.20. The maximum atomic E-state index is 13.1. The zero-order valence-electron chi connectivity index (χ0n) is 17.2. The summed E-state index contributed by atoms with van der Waals surface area (Å²) >= 11 is 0. The lowest BCUT2D eigenvalue weighted by Crippen LogP contribution is -2.49. The molecule has 29 heavy (non-hydrogen) atoms. The van der Waals surface area contributed by atoms with E-state index in [4.69, 9.17) is 0 Å². The summed E-state index contributed by atoms with van der Waals surface area (Å²) in [6.45, 7) is 7.58. The molecule has 2 aromatic carbocycles. The first-order valence-corrected chi connectivity index (χ1v) is 9.56. The largest absolute Gasteiger partial charge is 0.352 e. The highest BCUT2D eigenvalue weighted by Gasteiger charge is 2.28. The summed E-state index contributed by atoms with van der Waals surface area (Å²) in [6, 6.07) is 13.1. The summed E-state index contributed by atoms with van der Waals surface area (Å²) in [5.74, 6) is -0.601. The Morgan fingerprint density at radius 2 is 1.79 bits per heavy atom. The summed E-state index contributed by atoms with van der Waals surface area (Å²) in [5.41, 5.74) is 2.17. The van der Waals surface area contributed by atoms with Crippen molar-refractivity contribution in [2.45, 2.75) is 52.7 Å². The number of rotatable bonds is 8. The molecule has 0 spiro atoms. The van der Waals surface area contributed by atoms with Gasteiger partial charge in [-0.2, -0.15) is 0 Å². The molecule has 0 saturated heterocycles. The number of nitrogens with zero attached hydrogens (tertiary/aromatic N) is 2. The number of benzene rings is 2. The van der Waals surface area contributed by atoms with E-state index in [2.05, 4.69) is 5.32 Å². The molecule has 0 aromatic heterocycles. The Morgan fingerprint density at radius 3 is 2.41 bits per heavy atom. The van der Waals surface area contributed by atoms with Crippen LogP contribution in [-0.2, 0) is 22.6 Å². The molecule has 154 valence electrons. The molecule has 0 aliphatic rings. The van der Waals surface area contributed by atoms with Gasteiger partial charge in [-0.25, -0.2) is 0 Å². The molecular formula is C22H27N3O4. The number of nitrogens with one attached hydrogen (secondary N) is 1. The predicted molar refractivity (Wildman–Crippen MR) is 111 cm³/mol. The van der Waals surface area contributed by atoms with Gasteiger partial charge in [0.25, 0.3) is 5.69 Å². The number of nitro benzene ring substituents is 1. The molecule has 0 radical (unpaired) electrons. The Hall–Kier alpha value is -3.22. The van der Waals surface area contributed by atoms with Crippen molar-refractivity contribution < 1.29 is 14.5 Å². The van der Waals surface area contributed by atoms with Crippen molar-refractivity contribution in [2.24, 2.45) is 0 Å². The number of amides is 2. The molecule has 2 aromatic rings. The monoisotopic (exact) mass is 397 g/mol. The van der Waals surface area contributed by atoms with Crippen LogP contribution in [0.25, 0.3) is 0 Å². The molecule has 2 rings (SSSR count). The van der Waals surface area contributed by atoms with Crippen molar-refractivity contribution in [1.29, 1.82) is 0 Å². The lowest BCUT2D eigenvalue weighted by Gasteiger charge is -2.29. The first kappa shape index (κ1) is 22.1. The van der Waals surface area contributed by atoms with Gasteiger partial charge in [-0.05, 0) is 33.3 Å². The molecule has 0 aliphatic carbocycles. The van der Waals surface area contributed by atoms with E-state index >= 15 is 0 Å². The molecule has 0 aliphatic heterocycles. The number of hydrogen-bond acceptors (Lipinski definition) is 4. The summed E-state index contributed by atoms with van der Waals surface area (Å²) in [4.78, 5) is 38.0. The third-order valence-electron chi connectivity index (χ3n) is 4.56. The van der Waals surface area contributed by atoms with Gasteiger partial charge in [-0.3, -0.25) is 19.7 Å². The van der Waals surface area contributed by atoms with Gasteiger partial charge in [0.2, 0.25) is 11.8 Å². The maximum absolute atomic E-state index is 13.1. The Bertz CT molecular complexity index is 895. The highest BCUT2D eigenvalue weighted by molar-refractivity contribution is 5.88. The third kappa shape index (κ3) is 6.14. The van der Waals surface area contributed by atoms with Gasteiger partial charge in [0.15, 0.2) is 0 Å². The fraction of sp³-hybridized carbons (Fsp3) is 0.364. The van der Waals surface area contributed by atoms with E-state index in [1.165, 1.54) is 11.0 Å². The zero-order chi connectivity index (χ0) is 21.6. The fourth-order valence-corrected chi connectivity index (χ4v) is 3.10. The first-order chi connectivity index (χ1) is 13.7. The lowest BCUT2D eigenvalue weighted by molar-refractivity contribution is -0.385. The van der Waals surface area contributed by atoms with Gasteiger partial charge in [-0.15, -0.1) is 0 Å². The number of aryl methyl sites for hydroxylation is 1. The summed E-state index contributed by atoms with van der Waals surface area (Å²) in [6.07, 6.45) is -0.151. The number of carbonyl (C=O) groups is 2. The van der Waals surface area contributed by atoms with Crippen molar-refractivity contribution in [1.82, 2.24) is 10.2 Å². The lowest BCUT2D eigenvalue weighted by atomic mass is 10.1. The summed E-state index contributed by atoms with van der Waals surface area (Å²) in [5, 5.41) is 14.1. The van der Waals surface area contributed by atoms with Crippen LogP contribution in [0, 0.1) is 17.0 Å². The molecule has 7 heteroatoms. The van der Waals surface area contributed by atoms with Crippen LogP contribution >= 0.6 is 0 Å². The molecule has 0 fully saturated rings. The number of para-hydroxylation sites is 1. The van der Waals surface area contributed by atoms with Crippen LogP contribution in [0.3, 0.4) is 0 Å². The second kappa shape index (κ2) is 9.82. The van der Waals surface area contributed by atoms with Gasteiger partial charge in [0.1, 0.15) is 6.04 Å². The van der Waals surface area contributed by atoms with Crippen molar-refractivity contribution in [3.63, 3.8) is 0 Å². The molecule has 7 nitrogen and oxygen atoms in total. The van der Waals surface area contributed by atoms with Crippen LogP contribution in [0.5, 0.6) is 0 Å².